The maximum absolute atomic E-state index is 5.25. The van der Waals surface area contributed by atoms with E-state index in [9.17, 15) is 0 Å². The summed E-state index contributed by atoms with van der Waals surface area (Å²) in [5.74, 6) is 0.708. The first-order valence-electron chi connectivity index (χ1n) is 17.2. The Kier molecular flexibility index (Phi) is 7.04. The first kappa shape index (κ1) is 29.5. The molecule has 0 aliphatic rings. The highest BCUT2D eigenvalue weighted by Crippen LogP contribution is 2.39. The van der Waals surface area contributed by atoms with Crippen LogP contribution in [0.15, 0.2) is 182 Å². The van der Waals surface area contributed by atoms with Crippen LogP contribution in [0, 0.1) is 0 Å². The Hall–Kier alpha value is -6.42. The zero-order chi connectivity index (χ0) is 33.7. The monoisotopic (exact) mass is 666 g/mol. The van der Waals surface area contributed by atoms with Crippen molar-refractivity contribution in [1.29, 1.82) is 0 Å². The summed E-state index contributed by atoms with van der Waals surface area (Å²) in [7, 11) is 0. The summed E-state index contributed by atoms with van der Waals surface area (Å²) in [6.07, 6.45) is 0. The molecule has 0 atom stereocenters. The van der Waals surface area contributed by atoms with E-state index in [1.807, 2.05) is 29.5 Å². The quantitative estimate of drug-likeness (QED) is 0.183. The lowest BCUT2D eigenvalue weighted by Gasteiger charge is -2.14. The lowest BCUT2D eigenvalue weighted by molar-refractivity contribution is 1.18. The van der Waals surface area contributed by atoms with Gasteiger partial charge in [0, 0.05) is 36.9 Å². The maximum Gasteiger partial charge on any atom is 0.160 e. The average Bonchev–Trinajstić information content (AvgIpc) is 3.58. The van der Waals surface area contributed by atoms with Crippen molar-refractivity contribution in [3.63, 3.8) is 0 Å². The van der Waals surface area contributed by atoms with Gasteiger partial charge >= 0.3 is 0 Å². The van der Waals surface area contributed by atoms with Crippen molar-refractivity contribution in [3.05, 3.63) is 182 Å². The van der Waals surface area contributed by atoms with Gasteiger partial charge in [-0.15, -0.1) is 11.3 Å². The third kappa shape index (κ3) is 5.45. The summed E-state index contributed by atoms with van der Waals surface area (Å²) < 4.78 is 2.61. The standard InChI is InChI=1S/C48H30N2S/c1-2-12-33(13-3-1)48-49-44(38-21-19-32-11-5-7-15-35(32)25-38)30-45(50-48)41-27-39(36-20-18-31-10-4-6-14-34(31)24-36)26-40(28-41)37-22-23-47-43(29-37)42-16-8-9-17-46(42)51-47/h1-30H. The molecule has 0 saturated heterocycles. The van der Waals surface area contributed by atoms with Gasteiger partial charge < -0.3 is 0 Å². The van der Waals surface area contributed by atoms with Crippen LogP contribution in [-0.2, 0) is 0 Å². The largest absolute Gasteiger partial charge is 0.228 e. The Morgan fingerprint density at radius 1 is 0.294 bits per heavy atom. The zero-order valence-electron chi connectivity index (χ0n) is 27.6. The highest BCUT2D eigenvalue weighted by Gasteiger charge is 2.15. The molecule has 0 amide bonds. The molecule has 10 rings (SSSR count). The van der Waals surface area contributed by atoms with Gasteiger partial charge in [0.15, 0.2) is 5.82 Å². The zero-order valence-corrected chi connectivity index (χ0v) is 28.4. The minimum absolute atomic E-state index is 0.708. The summed E-state index contributed by atoms with van der Waals surface area (Å²) in [4.78, 5) is 10.4. The Bertz CT molecular complexity index is 2920. The fraction of sp³-hybridized carbons (Fsp3) is 0. The Balaban J connectivity index is 1.20. The number of rotatable bonds is 5. The van der Waals surface area contributed by atoms with Crippen LogP contribution in [0.3, 0.4) is 0 Å². The Labute approximate surface area is 300 Å². The van der Waals surface area contributed by atoms with E-state index in [0.717, 1.165) is 39.2 Å². The summed E-state index contributed by atoms with van der Waals surface area (Å²) >= 11 is 1.85. The van der Waals surface area contributed by atoms with Crippen molar-refractivity contribution in [1.82, 2.24) is 9.97 Å². The van der Waals surface area contributed by atoms with Crippen LogP contribution < -0.4 is 0 Å². The fourth-order valence-electron chi connectivity index (χ4n) is 7.19. The van der Waals surface area contributed by atoms with E-state index in [0.29, 0.717) is 5.82 Å². The molecule has 0 N–H and O–H groups in total. The van der Waals surface area contributed by atoms with Gasteiger partial charge in [-0.3, -0.25) is 0 Å². The molecule has 0 radical (unpaired) electrons. The molecule has 238 valence electrons. The summed E-state index contributed by atoms with van der Waals surface area (Å²) in [6.45, 7) is 0. The summed E-state index contributed by atoms with van der Waals surface area (Å²) in [5, 5.41) is 7.44. The molecular weight excluding hydrogens is 637 g/mol. The molecule has 0 fully saturated rings. The maximum atomic E-state index is 5.25. The number of benzene rings is 8. The second kappa shape index (κ2) is 12.2. The molecule has 0 aliphatic carbocycles. The Morgan fingerprint density at radius 3 is 1.57 bits per heavy atom. The number of fused-ring (bicyclic) bond motifs is 5. The van der Waals surface area contributed by atoms with E-state index in [2.05, 4.69) is 164 Å². The third-order valence-electron chi connectivity index (χ3n) is 9.82. The van der Waals surface area contributed by atoms with Crippen LogP contribution in [0.1, 0.15) is 0 Å². The summed E-state index contributed by atoms with van der Waals surface area (Å²) in [5.41, 5.74) is 9.54. The number of aromatic nitrogens is 2. The van der Waals surface area contributed by atoms with Crippen molar-refractivity contribution in [2.45, 2.75) is 0 Å². The van der Waals surface area contributed by atoms with E-state index in [1.54, 1.807) is 0 Å². The lowest BCUT2D eigenvalue weighted by Crippen LogP contribution is -1.96. The van der Waals surface area contributed by atoms with Crippen molar-refractivity contribution in [2.24, 2.45) is 0 Å². The van der Waals surface area contributed by atoms with Crippen LogP contribution in [0.2, 0.25) is 0 Å². The van der Waals surface area contributed by atoms with Crippen LogP contribution in [0.25, 0.3) is 97.9 Å². The van der Waals surface area contributed by atoms with E-state index >= 15 is 0 Å². The van der Waals surface area contributed by atoms with Crippen molar-refractivity contribution >= 4 is 53.1 Å². The second-order valence-corrected chi connectivity index (χ2v) is 14.1. The SMILES string of the molecule is c1ccc(-c2nc(-c3cc(-c4ccc5ccccc5c4)cc(-c4ccc5sc6ccccc6c5c4)c3)cc(-c3ccc4ccccc4c3)n2)cc1. The normalized spacial score (nSPS) is 11.5. The van der Waals surface area contributed by atoms with Gasteiger partial charge in [0.05, 0.1) is 11.4 Å². The predicted octanol–water partition coefficient (Wildman–Crippen LogP) is 13.5. The minimum atomic E-state index is 0.708. The highest BCUT2D eigenvalue weighted by molar-refractivity contribution is 7.25. The number of hydrogen-bond donors (Lipinski definition) is 0. The molecule has 2 nitrogen and oxygen atoms in total. The van der Waals surface area contributed by atoms with Gasteiger partial charge in [-0.2, -0.15) is 0 Å². The molecule has 3 heteroatoms. The predicted molar refractivity (Wildman–Crippen MR) is 217 cm³/mol. The number of nitrogens with zero attached hydrogens (tertiary/aromatic N) is 2. The van der Waals surface area contributed by atoms with Crippen molar-refractivity contribution in [2.75, 3.05) is 0 Å². The average molecular weight is 667 g/mol. The molecule has 2 aromatic heterocycles. The second-order valence-electron chi connectivity index (χ2n) is 13.1. The third-order valence-corrected chi connectivity index (χ3v) is 11.0. The van der Waals surface area contributed by atoms with Crippen LogP contribution in [0.4, 0.5) is 0 Å². The molecule has 8 aromatic carbocycles. The number of hydrogen-bond acceptors (Lipinski definition) is 3. The molecule has 51 heavy (non-hydrogen) atoms. The smallest absolute Gasteiger partial charge is 0.160 e. The minimum Gasteiger partial charge on any atom is -0.228 e. The molecule has 0 saturated carbocycles. The van der Waals surface area contributed by atoms with Crippen LogP contribution in [0.5, 0.6) is 0 Å². The van der Waals surface area contributed by atoms with Crippen molar-refractivity contribution in [3.8, 4) is 56.2 Å². The molecule has 10 aromatic rings. The van der Waals surface area contributed by atoms with Gasteiger partial charge in [-0.1, -0.05) is 127 Å². The van der Waals surface area contributed by atoms with Crippen LogP contribution in [-0.4, -0.2) is 9.97 Å². The molecule has 0 bridgehead atoms. The van der Waals surface area contributed by atoms with Gasteiger partial charge in [0.2, 0.25) is 0 Å². The topological polar surface area (TPSA) is 25.8 Å². The van der Waals surface area contributed by atoms with Crippen molar-refractivity contribution < 1.29 is 0 Å². The van der Waals surface area contributed by atoms with Gasteiger partial charge in [0.25, 0.3) is 0 Å². The number of thiophene rings is 1. The van der Waals surface area contributed by atoms with E-state index in [1.165, 1.54) is 52.8 Å². The van der Waals surface area contributed by atoms with Crippen LogP contribution >= 0.6 is 11.3 Å². The van der Waals surface area contributed by atoms with Gasteiger partial charge in [0.1, 0.15) is 0 Å². The molecule has 0 unspecified atom stereocenters. The molecular formula is C48H30N2S. The first-order chi connectivity index (χ1) is 25.2. The Morgan fingerprint density at radius 2 is 0.824 bits per heavy atom. The molecule has 0 spiro atoms. The van der Waals surface area contributed by atoms with Gasteiger partial charge in [-0.05, 0) is 98.4 Å². The van der Waals surface area contributed by atoms with E-state index in [4.69, 9.17) is 9.97 Å². The van der Waals surface area contributed by atoms with E-state index < -0.39 is 0 Å². The fourth-order valence-corrected chi connectivity index (χ4v) is 8.28. The first-order valence-corrected chi connectivity index (χ1v) is 18.0. The summed E-state index contributed by atoms with van der Waals surface area (Å²) in [6, 6.07) is 65.3. The highest BCUT2D eigenvalue weighted by atomic mass is 32.1. The molecule has 0 aliphatic heterocycles. The molecule has 2 heterocycles. The van der Waals surface area contributed by atoms with E-state index in [-0.39, 0.29) is 0 Å². The lowest BCUT2D eigenvalue weighted by atomic mass is 9.93. The van der Waals surface area contributed by atoms with Gasteiger partial charge in [-0.25, -0.2) is 9.97 Å².